The molecule has 3 heterocycles. The third-order valence-electron chi connectivity index (χ3n) is 8.93. The van der Waals surface area contributed by atoms with E-state index in [1.807, 2.05) is 30.9 Å². The van der Waals surface area contributed by atoms with Crippen molar-refractivity contribution in [3.05, 3.63) is 34.2 Å². The number of carbonyl (C=O) groups excluding carboxylic acids is 2. The Morgan fingerprint density at radius 3 is 2.29 bits per heavy atom. The van der Waals surface area contributed by atoms with Crippen LogP contribution < -0.4 is 10.2 Å². The maximum atomic E-state index is 13.2. The highest BCUT2D eigenvalue weighted by Crippen LogP contribution is 2.36. The Morgan fingerprint density at radius 2 is 1.66 bits per heavy atom. The van der Waals surface area contributed by atoms with Crippen molar-refractivity contribution in [2.45, 2.75) is 84.1 Å². The molecule has 0 radical (unpaired) electrons. The number of carbonyl (C=O) groups is 2. The summed E-state index contributed by atoms with van der Waals surface area (Å²) in [6.45, 7) is 7.43. The normalized spacial score (nSPS) is 26.7. The van der Waals surface area contributed by atoms with Gasteiger partial charge in [0.25, 0.3) is 5.91 Å². The van der Waals surface area contributed by atoms with Crippen molar-refractivity contribution in [1.29, 1.82) is 0 Å². The Morgan fingerprint density at radius 1 is 1.00 bits per heavy atom. The van der Waals surface area contributed by atoms with Crippen molar-refractivity contribution in [2.24, 2.45) is 16.8 Å². The van der Waals surface area contributed by atoms with Gasteiger partial charge in [0, 0.05) is 43.1 Å². The lowest BCUT2D eigenvalue weighted by Gasteiger charge is -2.34. The number of piperidine rings is 2. The van der Waals surface area contributed by atoms with Crippen LogP contribution in [0.3, 0.4) is 0 Å². The van der Waals surface area contributed by atoms with Gasteiger partial charge in [0.15, 0.2) is 0 Å². The summed E-state index contributed by atoms with van der Waals surface area (Å²) in [7, 11) is -3.65. The zero-order chi connectivity index (χ0) is 27.1. The smallest absolute Gasteiger partial charge is 0.253 e. The Hall–Kier alpha value is -2.52. The van der Waals surface area contributed by atoms with E-state index in [0.717, 1.165) is 79.2 Å². The van der Waals surface area contributed by atoms with Gasteiger partial charge in [-0.2, -0.15) is 4.31 Å². The predicted octanol–water partition coefficient (Wildman–Crippen LogP) is 4.31. The molecular formula is C29H40N4O4S. The Labute approximate surface area is 226 Å². The van der Waals surface area contributed by atoms with Crippen LogP contribution in [0.1, 0.15) is 81.4 Å². The number of hydrogen-bond donors (Lipinski definition) is 1. The summed E-state index contributed by atoms with van der Waals surface area (Å²) in [6.07, 6.45) is 9.37. The van der Waals surface area contributed by atoms with E-state index in [9.17, 15) is 18.0 Å². The fourth-order valence-electron chi connectivity index (χ4n) is 6.41. The number of anilines is 1. The van der Waals surface area contributed by atoms with Gasteiger partial charge in [-0.3, -0.25) is 14.6 Å². The molecule has 1 spiro atoms. The number of aliphatic imine (C=N–C) groups is 1. The summed E-state index contributed by atoms with van der Waals surface area (Å²) in [5.41, 5.74) is 2.77. The molecule has 38 heavy (non-hydrogen) atoms. The minimum Gasteiger partial charge on any atom is -0.312 e. The van der Waals surface area contributed by atoms with E-state index >= 15 is 0 Å². The standard InChI is InChI=1S/C29H40N4O4S/c1-20-7-9-23(10-8-20)27-30-28(35)29(31-27)12-15-32(16-13-29)38(36,37)17-11-25-21(2)18-24(19-22(25)3)33-14-5-4-6-26(33)34/h11,17-20,23H,4-10,12-16H2,1-3H3,(H,30,31,35). The molecule has 0 atom stereocenters. The molecule has 0 bridgehead atoms. The number of aryl methyl sites for hydroxylation is 2. The largest absolute Gasteiger partial charge is 0.312 e. The van der Waals surface area contributed by atoms with E-state index in [4.69, 9.17) is 4.99 Å². The van der Waals surface area contributed by atoms with E-state index in [-0.39, 0.29) is 24.9 Å². The van der Waals surface area contributed by atoms with Gasteiger partial charge in [0.2, 0.25) is 15.9 Å². The summed E-state index contributed by atoms with van der Waals surface area (Å²) in [6, 6.07) is 3.93. The Kier molecular flexibility index (Phi) is 7.52. The predicted molar refractivity (Wildman–Crippen MR) is 150 cm³/mol. The van der Waals surface area contributed by atoms with Gasteiger partial charge in [-0.25, -0.2) is 8.42 Å². The number of benzene rings is 1. The van der Waals surface area contributed by atoms with Gasteiger partial charge < -0.3 is 10.2 Å². The van der Waals surface area contributed by atoms with E-state index in [1.165, 1.54) is 9.71 Å². The average molecular weight is 541 g/mol. The highest BCUT2D eigenvalue weighted by Gasteiger charge is 2.48. The van der Waals surface area contributed by atoms with Crippen molar-refractivity contribution in [2.75, 3.05) is 24.5 Å². The molecule has 1 saturated carbocycles. The minimum absolute atomic E-state index is 0.0720. The molecule has 3 aliphatic heterocycles. The minimum atomic E-state index is -3.65. The zero-order valence-electron chi connectivity index (χ0n) is 22.8. The summed E-state index contributed by atoms with van der Waals surface area (Å²) in [4.78, 5) is 32.0. The first-order valence-corrected chi connectivity index (χ1v) is 15.6. The molecule has 2 amide bonds. The molecule has 0 aromatic heterocycles. The van der Waals surface area contributed by atoms with Crippen molar-refractivity contribution in [3.63, 3.8) is 0 Å². The van der Waals surface area contributed by atoms with Crippen molar-refractivity contribution in [3.8, 4) is 0 Å². The van der Waals surface area contributed by atoms with E-state index < -0.39 is 15.6 Å². The van der Waals surface area contributed by atoms with Gasteiger partial charge in [0.1, 0.15) is 11.4 Å². The van der Waals surface area contributed by atoms with Crippen LogP contribution in [-0.2, 0) is 19.6 Å². The summed E-state index contributed by atoms with van der Waals surface area (Å²) >= 11 is 0. The van der Waals surface area contributed by atoms with Crippen LogP contribution in [0, 0.1) is 25.7 Å². The molecule has 206 valence electrons. The van der Waals surface area contributed by atoms with Crippen LogP contribution >= 0.6 is 0 Å². The molecule has 8 nitrogen and oxygen atoms in total. The number of amides is 2. The van der Waals surface area contributed by atoms with Crippen LogP contribution in [0.4, 0.5) is 5.69 Å². The van der Waals surface area contributed by atoms with Crippen molar-refractivity contribution >= 4 is 39.4 Å². The number of hydrogen-bond acceptors (Lipinski definition) is 5. The second-order valence-electron chi connectivity index (χ2n) is 11.7. The zero-order valence-corrected chi connectivity index (χ0v) is 23.6. The number of nitrogens with one attached hydrogen (secondary N) is 1. The second kappa shape index (κ2) is 10.6. The highest BCUT2D eigenvalue weighted by atomic mass is 32.2. The molecule has 1 aromatic carbocycles. The van der Waals surface area contributed by atoms with Gasteiger partial charge in [-0.05, 0) is 93.2 Å². The third-order valence-corrected chi connectivity index (χ3v) is 10.5. The van der Waals surface area contributed by atoms with Crippen LogP contribution in [0.15, 0.2) is 22.5 Å². The van der Waals surface area contributed by atoms with Crippen LogP contribution in [0.25, 0.3) is 6.08 Å². The third kappa shape index (κ3) is 5.32. The van der Waals surface area contributed by atoms with Gasteiger partial charge in [0.05, 0.1) is 0 Å². The molecule has 0 unspecified atom stereocenters. The maximum absolute atomic E-state index is 13.2. The first-order chi connectivity index (χ1) is 18.1. The Bertz CT molecular complexity index is 1250. The number of sulfonamides is 1. The second-order valence-corrected chi connectivity index (χ2v) is 13.5. The van der Waals surface area contributed by atoms with E-state index in [1.54, 1.807) is 6.08 Å². The summed E-state index contributed by atoms with van der Waals surface area (Å²) < 4.78 is 27.9. The molecule has 5 rings (SSSR count). The molecule has 9 heteroatoms. The fraction of sp³-hybridized carbons (Fsp3) is 0.621. The molecule has 1 aromatic rings. The van der Waals surface area contributed by atoms with Gasteiger partial charge in [-0.1, -0.05) is 19.8 Å². The fourth-order valence-corrected chi connectivity index (χ4v) is 7.58. The highest BCUT2D eigenvalue weighted by molar-refractivity contribution is 7.92. The lowest BCUT2D eigenvalue weighted by atomic mass is 9.82. The van der Waals surface area contributed by atoms with Gasteiger partial charge in [-0.15, -0.1) is 0 Å². The van der Waals surface area contributed by atoms with Crippen LogP contribution in [0.5, 0.6) is 0 Å². The molecule has 1 N–H and O–H groups in total. The molecule has 2 saturated heterocycles. The van der Waals surface area contributed by atoms with E-state index in [0.29, 0.717) is 25.2 Å². The van der Waals surface area contributed by atoms with Crippen LogP contribution in [0.2, 0.25) is 0 Å². The first kappa shape index (κ1) is 27.1. The topological polar surface area (TPSA) is 99.2 Å². The lowest BCUT2D eigenvalue weighted by molar-refractivity contribution is -0.125. The summed E-state index contributed by atoms with van der Waals surface area (Å²) in [5.74, 6) is 1.93. The van der Waals surface area contributed by atoms with Crippen LogP contribution in [-0.4, -0.2) is 55.5 Å². The Balaban J connectivity index is 1.25. The molecule has 3 fully saturated rings. The van der Waals surface area contributed by atoms with Crippen molar-refractivity contribution < 1.29 is 18.0 Å². The van der Waals surface area contributed by atoms with Gasteiger partial charge >= 0.3 is 0 Å². The van der Waals surface area contributed by atoms with Crippen molar-refractivity contribution in [1.82, 2.24) is 9.62 Å². The number of nitrogens with zero attached hydrogens (tertiary/aromatic N) is 3. The number of amidine groups is 1. The van der Waals surface area contributed by atoms with E-state index in [2.05, 4.69) is 12.2 Å². The molecule has 1 aliphatic carbocycles. The lowest BCUT2D eigenvalue weighted by Crippen LogP contribution is -2.50. The monoisotopic (exact) mass is 540 g/mol. The summed E-state index contributed by atoms with van der Waals surface area (Å²) in [5, 5.41) is 4.32. The first-order valence-electron chi connectivity index (χ1n) is 14.1. The average Bonchev–Trinajstić information content (AvgIpc) is 3.19. The molecule has 4 aliphatic rings. The SMILES string of the molecule is Cc1cc(N2CCCCC2=O)cc(C)c1C=CS(=O)(=O)N1CCC2(CC1)N=C(C1CCC(C)CC1)NC2=O. The quantitative estimate of drug-likeness (QED) is 0.602. The maximum Gasteiger partial charge on any atom is 0.253 e. The number of rotatable bonds is 5. The molecular weight excluding hydrogens is 500 g/mol.